The number of nitrogens with zero attached hydrogens (tertiary/aromatic N) is 3. The maximum absolute atomic E-state index is 11.7. The fraction of sp³-hybridized carbons (Fsp3) is 0.500. The quantitative estimate of drug-likeness (QED) is 0.490. The van der Waals surface area contributed by atoms with Crippen molar-refractivity contribution in [3.05, 3.63) is 32.3 Å². The summed E-state index contributed by atoms with van der Waals surface area (Å²) in [5.41, 5.74) is 7.94. The lowest BCUT2D eigenvalue weighted by Gasteiger charge is -2.19. The van der Waals surface area contributed by atoms with Gasteiger partial charge in [-0.15, -0.1) is 11.3 Å². The molecule has 1 aromatic heterocycles. The lowest BCUT2D eigenvalue weighted by atomic mass is 10.1. The Bertz CT molecular complexity index is 426. The SMILES string of the molecule is CC(C)(C)NC(=O)c1ccc(CN=[N+]=[N-])s1. The summed E-state index contributed by atoms with van der Waals surface area (Å²) in [4.78, 5) is 15.9. The van der Waals surface area contributed by atoms with Crippen LogP contribution >= 0.6 is 11.3 Å². The van der Waals surface area contributed by atoms with E-state index in [4.69, 9.17) is 5.53 Å². The summed E-state index contributed by atoms with van der Waals surface area (Å²) < 4.78 is 0. The molecule has 0 bridgehead atoms. The van der Waals surface area contributed by atoms with Gasteiger partial charge in [-0.2, -0.15) is 0 Å². The lowest BCUT2D eigenvalue weighted by Crippen LogP contribution is -2.40. The number of thiophene rings is 1. The highest BCUT2D eigenvalue weighted by molar-refractivity contribution is 7.14. The molecule has 0 spiro atoms. The van der Waals surface area contributed by atoms with Gasteiger partial charge in [0.25, 0.3) is 5.91 Å². The first-order valence-corrected chi connectivity index (χ1v) is 5.66. The molecule has 1 N–H and O–H groups in total. The number of nitrogens with one attached hydrogen (secondary N) is 1. The normalized spacial score (nSPS) is 10.7. The van der Waals surface area contributed by atoms with Gasteiger partial charge >= 0.3 is 0 Å². The standard InChI is InChI=1S/C10H14N4OS/c1-10(2,3)13-9(15)8-5-4-7(16-8)6-12-14-11/h4-5H,6H2,1-3H3,(H,13,15). The molecule has 86 valence electrons. The number of carbonyl (C=O) groups excluding carboxylic acids is 1. The Hall–Kier alpha value is -1.52. The summed E-state index contributed by atoms with van der Waals surface area (Å²) in [6.45, 7) is 6.09. The minimum Gasteiger partial charge on any atom is -0.347 e. The minimum atomic E-state index is -0.244. The number of azide groups is 1. The Labute approximate surface area is 98.1 Å². The molecule has 0 aliphatic rings. The van der Waals surface area contributed by atoms with Gasteiger partial charge in [-0.05, 0) is 38.4 Å². The van der Waals surface area contributed by atoms with Crippen molar-refractivity contribution in [1.82, 2.24) is 5.32 Å². The molecule has 1 aromatic rings. The largest absolute Gasteiger partial charge is 0.347 e. The van der Waals surface area contributed by atoms with E-state index in [0.717, 1.165) is 4.88 Å². The van der Waals surface area contributed by atoms with E-state index >= 15 is 0 Å². The Kier molecular flexibility index (Phi) is 3.93. The highest BCUT2D eigenvalue weighted by Crippen LogP contribution is 2.18. The van der Waals surface area contributed by atoms with Gasteiger partial charge in [0.05, 0.1) is 11.4 Å². The van der Waals surface area contributed by atoms with Crippen LogP contribution in [0.5, 0.6) is 0 Å². The average molecular weight is 238 g/mol. The van der Waals surface area contributed by atoms with Crippen molar-refractivity contribution in [2.45, 2.75) is 32.9 Å². The Balaban J connectivity index is 2.70. The number of hydrogen-bond donors (Lipinski definition) is 1. The van der Waals surface area contributed by atoms with Crippen LogP contribution in [-0.2, 0) is 6.54 Å². The molecular formula is C10H14N4OS. The third-order valence-corrected chi connectivity index (χ3v) is 2.73. The summed E-state index contributed by atoms with van der Waals surface area (Å²) in [5.74, 6) is -0.0929. The van der Waals surface area contributed by atoms with Crippen molar-refractivity contribution in [3.63, 3.8) is 0 Å². The zero-order chi connectivity index (χ0) is 12.2. The smallest absolute Gasteiger partial charge is 0.261 e. The number of amides is 1. The van der Waals surface area contributed by atoms with E-state index in [-0.39, 0.29) is 11.4 Å². The Morgan fingerprint density at radius 3 is 2.81 bits per heavy atom. The molecule has 0 unspecified atom stereocenters. The second-order valence-corrected chi connectivity index (χ2v) is 5.53. The first kappa shape index (κ1) is 12.5. The summed E-state index contributed by atoms with van der Waals surface area (Å²) in [6.07, 6.45) is 0. The molecule has 1 amide bonds. The third-order valence-electron chi connectivity index (χ3n) is 1.66. The number of hydrogen-bond acceptors (Lipinski definition) is 3. The van der Waals surface area contributed by atoms with E-state index in [9.17, 15) is 4.79 Å². The van der Waals surface area contributed by atoms with Crippen LogP contribution in [0, 0.1) is 0 Å². The zero-order valence-corrected chi connectivity index (χ0v) is 10.3. The zero-order valence-electron chi connectivity index (χ0n) is 9.52. The highest BCUT2D eigenvalue weighted by Gasteiger charge is 2.16. The first-order chi connectivity index (χ1) is 7.42. The monoisotopic (exact) mass is 238 g/mol. The van der Waals surface area contributed by atoms with E-state index in [1.165, 1.54) is 11.3 Å². The molecule has 1 heterocycles. The van der Waals surface area contributed by atoms with Crippen molar-refractivity contribution in [1.29, 1.82) is 0 Å². The predicted octanol–water partition coefficient (Wildman–Crippen LogP) is 3.09. The Morgan fingerprint density at radius 2 is 2.25 bits per heavy atom. The fourth-order valence-electron chi connectivity index (χ4n) is 1.09. The van der Waals surface area contributed by atoms with Crippen LogP contribution < -0.4 is 5.32 Å². The molecule has 0 aliphatic heterocycles. The maximum Gasteiger partial charge on any atom is 0.261 e. The lowest BCUT2D eigenvalue weighted by molar-refractivity contribution is 0.0924. The molecule has 6 heteroatoms. The van der Waals surface area contributed by atoms with E-state index in [0.29, 0.717) is 11.4 Å². The molecule has 0 radical (unpaired) electrons. The van der Waals surface area contributed by atoms with Crippen LogP contribution in [-0.4, -0.2) is 11.4 Å². The van der Waals surface area contributed by atoms with Crippen molar-refractivity contribution < 1.29 is 4.79 Å². The summed E-state index contributed by atoms with van der Waals surface area (Å²) in [5, 5.41) is 6.32. The molecule has 16 heavy (non-hydrogen) atoms. The molecule has 1 rings (SSSR count). The first-order valence-electron chi connectivity index (χ1n) is 4.84. The number of carbonyl (C=O) groups is 1. The van der Waals surface area contributed by atoms with Crippen molar-refractivity contribution in [2.75, 3.05) is 0 Å². The van der Waals surface area contributed by atoms with Crippen LogP contribution in [0.4, 0.5) is 0 Å². The molecule has 0 atom stereocenters. The second-order valence-electron chi connectivity index (χ2n) is 4.36. The molecule has 5 nitrogen and oxygen atoms in total. The summed E-state index contributed by atoms with van der Waals surface area (Å²) in [6, 6.07) is 3.55. The van der Waals surface area contributed by atoms with E-state index in [1.54, 1.807) is 12.1 Å². The van der Waals surface area contributed by atoms with Gasteiger partial charge in [0, 0.05) is 15.3 Å². The van der Waals surface area contributed by atoms with Crippen LogP contribution in [0.2, 0.25) is 0 Å². The van der Waals surface area contributed by atoms with Gasteiger partial charge < -0.3 is 5.32 Å². The van der Waals surface area contributed by atoms with Gasteiger partial charge in [0.15, 0.2) is 0 Å². The summed E-state index contributed by atoms with van der Waals surface area (Å²) in [7, 11) is 0. The van der Waals surface area contributed by atoms with Crippen molar-refractivity contribution in [2.24, 2.45) is 5.11 Å². The van der Waals surface area contributed by atoms with Gasteiger partial charge in [0.1, 0.15) is 0 Å². The summed E-state index contributed by atoms with van der Waals surface area (Å²) >= 11 is 1.34. The predicted molar refractivity (Wildman–Crippen MR) is 64.4 cm³/mol. The van der Waals surface area contributed by atoms with E-state index < -0.39 is 0 Å². The Morgan fingerprint density at radius 1 is 1.56 bits per heavy atom. The van der Waals surface area contributed by atoms with Gasteiger partial charge in [-0.25, -0.2) is 0 Å². The van der Waals surface area contributed by atoms with Gasteiger partial charge in [0.2, 0.25) is 0 Å². The molecule has 0 saturated carbocycles. The van der Waals surface area contributed by atoms with Crippen LogP contribution in [0.25, 0.3) is 10.4 Å². The van der Waals surface area contributed by atoms with Crippen molar-refractivity contribution in [3.8, 4) is 0 Å². The topological polar surface area (TPSA) is 77.9 Å². The van der Waals surface area contributed by atoms with E-state index in [1.807, 2.05) is 20.8 Å². The fourth-order valence-corrected chi connectivity index (χ4v) is 1.91. The molecule has 0 aliphatic carbocycles. The average Bonchev–Trinajstić information content (AvgIpc) is 2.60. The highest BCUT2D eigenvalue weighted by atomic mass is 32.1. The number of rotatable bonds is 3. The van der Waals surface area contributed by atoms with Gasteiger partial charge in [-0.3, -0.25) is 4.79 Å². The van der Waals surface area contributed by atoms with Crippen LogP contribution in [0.3, 0.4) is 0 Å². The molecule has 0 fully saturated rings. The second kappa shape index (κ2) is 5.01. The van der Waals surface area contributed by atoms with Crippen LogP contribution in [0.1, 0.15) is 35.3 Å². The third kappa shape index (κ3) is 3.92. The van der Waals surface area contributed by atoms with Crippen molar-refractivity contribution >= 4 is 17.2 Å². The molecule has 0 saturated heterocycles. The van der Waals surface area contributed by atoms with E-state index in [2.05, 4.69) is 15.3 Å². The maximum atomic E-state index is 11.7. The molecule has 0 aromatic carbocycles. The van der Waals surface area contributed by atoms with Crippen LogP contribution in [0.15, 0.2) is 17.2 Å². The molecular weight excluding hydrogens is 224 g/mol. The minimum absolute atomic E-state index is 0.0929. The van der Waals surface area contributed by atoms with Gasteiger partial charge in [-0.1, -0.05) is 5.11 Å².